The molecule has 0 aromatic rings. The monoisotopic (exact) mass is 168 g/mol. The van der Waals surface area contributed by atoms with Gasteiger partial charge in [-0.15, -0.1) is 0 Å². The van der Waals surface area contributed by atoms with E-state index >= 15 is 0 Å². The van der Waals surface area contributed by atoms with Crippen molar-refractivity contribution in [1.82, 2.24) is 0 Å². The summed E-state index contributed by atoms with van der Waals surface area (Å²) in [6.07, 6.45) is -2.40. The van der Waals surface area contributed by atoms with E-state index in [0.717, 1.165) is 0 Å². The number of halogens is 2. The van der Waals surface area contributed by atoms with Crippen LogP contribution in [0.3, 0.4) is 0 Å². The van der Waals surface area contributed by atoms with Crippen LogP contribution >= 0.6 is 12.6 Å². The first-order chi connectivity index (χ1) is 4.66. The summed E-state index contributed by atoms with van der Waals surface area (Å²) < 4.78 is 27.4. The van der Waals surface area contributed by atoms with Gasteiger partial charge < -0.3 is 4.74 Å². The quantitative estimate of drug-likeness (QED) is 0.486. The fraction of sp³-hybridized carbons (Fsp3) is 0.667. The summed E-state index contributed by atoms with van der Waals surface area (Å²) in [5.41, 5.74) is 0.712. The second-order valence-corrected chi connectivity index (χ2v) is 2.13. The van der Waals surface area contributed by atoms with Gasteiger partial charge in [0.2, 0.25) is 0 Å². The van der Waals surface area contributed by atoms with Crippen LogP contribution < -0.4 is 0 Å². The summed E-state index contributed by atoms with van der Waals surface area (Å²) in [6, 6.07) is 0. The molecule has 0 rings (SSSR count). The lowest BCUT2D eigenvalue weighted by atomic mass is 10.4. The maximum absolute atomic E-state index is 11.4. The Morgan fingerprint density at radius 3 is 2.60 bits per heavy atom. The molecular formula is C6H10F2OS. The molecule has 0 saturated heterocycles. The number of rotatable bonds is 5. The molecule has 0 radical (unpaired) electrons. The molecule has 0 spiro atoms. The zero-order chi connectivity index (χ0) is 7.98. The molecular weight excluding hydrogens is 158 g/mol. The number of thiol groups is 1. The average molecular weight is 168 g/mol. The Morgan fingerprint density at radius 1 is 1.60 bits per heavy atom. The molecule has 0 aromatic carbocycles. The fourth-order valence-electron chi connectivity index (χ4n) is 0.338. The molecule has 0 aromatic heterocycles. The van der Waals surface area contributed by atoms with E-state index in [1.165, 1.54) is 0 Å². The number of alkyl halides is 2. The Morgan fingerprint density at radius 2 is 2.20 bits per heavy atom. The fourth-order valence-corrected chi connectivity index (χ4v) is 0.429. The predicted octanol–water partition coefficient (Wildman–Crippen LogP) is 1.75. The topological polar surface area (TPSA) is 9.23 Å². The minimum Gasteiger partial charge on any atom is -0.371 e. The van der Waals surface area contributed by atoms with Gasteiger partial charge in [-0.2, -0.15) is 12.6 Å². The van der Waals surface area contributed by atoms with E-state index in [4.69, 9.17) is 0 Å². The lowest BCUT2D eigenvalue weighted by Crippen LogP contribution is -2.06. The van der Waals surface area contributed by atoms with Crippen LogP contribution in [-0.2, 0) is 4.74 Å². The van der Waals surface area contributed by atoms with Gasteiger partial charge in [0.1, 0.15) is 6.61 Å². The SMILES string of the molecule is C=C(CS)COCC(F)F. The number of ether oxygens (including phenoxy) is 1. The second kappa shape index (κ2) is 5.68. The van der Waals surface area contributed by atoms with Crippen LogP contribution in [0, 0.1) is 0 Å². The van der Waals surface area contributed by atoms with E-state index < -0.39 is 13.0 Å². The largest absolute Gasteiger partial charge is 0.371 e. The van der Waals surface area contributed by atoms with Gasteiger partial charge in [0.25, 0.3) is 6.43 Å². The highest BCUT2D eigenvalue weighted by Crippen LogP contribution is 1.97. The van der Waals surface area contributed by atoms with Crippen LogP contribution in [0.15, 0.2) is 12.2 Å². The van der Waals surface area contributed by atoms with Gasteiger partial charge in [0.15, 0.2) is 0 Å². The highest BCUT2D eigenvalue weighted by atomic mass is 32.1. The molecule has 0 aliphatic carbocycles. The Hall–Kier alpha value is -0.0900. The molecule has 0 aliphatic heterocycles. The summed E-state index contributed by atoms with van der Waals surface area (Å²) in [6.45, 7) is 3.18. The molecule has 0 aliphatic rings. The molecule has 1 nitrogen and oxygen atoms in total. The van der Waals surface area contributed by atoms with Crippen LogP contribution in [0.1, 0.15) is 0 Å². The van der Waals surface area contributed by atoms with E-state index in [2.05, 4.69) is 23.9 Å². The van der Waals surface area contributed by atoms with Crippen LogP contribution in [0.2, 0.25) is 0 Å². The summed E-state index contributed by atoms with van der Waals surface area (Å²) >= 11 is 3.87. The zero-order valence-corrected chi connectivity index (χ0v) is 6.41. The highest BCUT2D eigenvalue weighted by Gasteiger charge is 2.01. The van der Waals surface area contributed by atoms with Crippen LogP contribution in [0.5, 0.6) is 0 Å². The van der Waals surface area contributed by atoms with Crippen molar-refractivity contribution >= 4 is 12.6 Å². The normalized spacial score (nSPS) is 10.4. The van der Waals surface area contributed by atoms with Gasteiger partial charge in [-0.1, -0.05) is 6.58 Å². The van der Waals surface area contributed by atoms with E-state index in [1.807, 2.05) is 0 Å². The first-order valence-electron chi connectivity index (χ1n) is 2.80. The van der Waals surface area contributed by atoms with Crippen LogP contribution in [0.25, 0.3) is 0 Å². The van der Waals surface area contributed by atoms with Crippen molar-refractivity contribution in [3.63, 3.8) is 0 Å². The first kappa shape index (κ1) is 9.91. The molecule has 0 atom stereocenters. The molecule has 0 fully saturated rings. The van der Waals surface area contributed by atoms with Gasteiger partial charge in [-0.3, -0.25) is 0 Å². The molecule has 0 amide bonds. The summed E-state index contributed by atoms with van der Waals surface area (Å²) in [4.78, 5) is 0. The smallest absolute Gasteiger partial charge is 0.261 e. The van der Waals surface area contributed by atoms with Crippen molar-refractivity contribution in [2.24, 2.45) is 0 Å². The van der Waals surface area contributed by atoms with Crippen LogP contribution in [-0.4, -0.2) is 25.4 Å². The van der Waals surface area contributed by atoms with Crippen molar-refractivity contribution in [3.8, 4) is 0 Å². The van der Waals surface area contributed by atoms with Crippen molar-refractivity contribution in [3.05, 3.63) is 12.2 Å². The Labute approximate surface area is 64.5 Å². The summed E-state index contributed by atoms with van der Waals surface area (Å²) in [7, 11) is 0. The molecule has 0 unspecified atom stereocenters. The lowest BCUT2D eigenvalue weighted by molar-refractivity contribution is 0.0266. The van der Waals surface area contributed by atoms with E-state index in [1.54, 1.807) is 0 Å². The van der Waals surface area contributed by atoms with Gasteiger partial charge in [-0.25, -0.2) is 8.78 Å². The summed E-state index contributed by atoms with van der Waals surface area (Å²) in [5, 5.41) is 0. The van der Waals surface area contributed by atoms with E-state index in [-0.39, 0.29) is 6.61 Å². The Kier molecular flexibility index (Phi) is 5.63. The standard InChI is InChI=1S/C6H10F2OS/c1-5(4-10)2-9-3-6(7)8/h6,10H,1-4H2. The van der Waals surface area contributed by atoms with Gasteiger partial charge in [-0.05, 0) is 5.57 Å². The second-order valence-electron chi connectivity index (χ2n) is 1.81. The first-order valence-corrected chi connectivity index (χ1v) is 3.43. The van der Waals surface area contributed by atoms with Crippen molar-refractivity contribution in [1.29, 1.82) is 0 Å². The molecule has 0 bridgehead atoms. The third-order valence-electron chi connectivity index (χ3n) is 0.774. The molecule has 4 heteroatoms. The average Bonchev–Trinajstić information content (AvgIpc) is 1.87. The molecule has 0 N–H and O–H groups in total. The molecule has 60 valence electrons. The highest BCUT2D eigenvalue weighted by molar-refractivity contribution is 7.80. The Balaban J connectivity index is 3.12. The molecule has 0 saturated carbocycles. The predicted molar refractivity (Wildman–Crippen MR) is 39.8 cm³/mol. The third kappa shape index (κ3) is 6.04. The summed E-state index contributed by atoms with van der Waals surface area (Å²) in [5.74, 6) is 0.475. The van der Waals surface area contributed by atoms with Crippen LogP contribution in [0.4, 0.5) is 8.78 Å². The van der Waals surface area contributed by atoms with Crippen molar-refractivity contribution in [2.75, 3.05) is 19.0 Å². The van der Waals surface area contributed by atoms with Crippen molar-refractivity contribution in [2.45, 2.75) is 6.43 Å². The zero-order valence-electron chi connectivity index (χ0n) is 5.52. The Bertz CT molecular complexity index is 106. The van der Waals surface area contributed by atoms with Gasteiger partial charge in [0.05, 0.1) is 6.61 Å². The molecule has 10 heavy (non-hydrogen) atoms. The maximum Gasteiger partial charge on any atom is 0.261 e. The lowest BCUT2D eigenvalue weighted by Gasteiger charge is -2.02. The number of hydrogen-bond donors (Lipinski definition) is 1. The minimum absolute atomic E-state index is 0.174. The van der Waals surface area contributed by atoms with Gasteiger partial charge in [0, 0.05) is 5.75 Å². The molecule has 0 heterocycles. The third-order valence-corrected chi connectivity index (χ3v) is 1.22. The van der Waals surface area contributed by atoms with Gasteiger partial charge >= 0.3 is 0 Å². The minimum atomic E-state index is -2.40. The maximum atomic E-state index is 11.4. The van der Waals surface area contributed by atoms with E-state index in [0.29, 0.717) is 11.3 Å². The van der Waals surface area contributed by atoms with E-state index in [9.17, 15) is 8.78 Å². The van der Waals surface area contributed by atoms with Crippen molar-refractivity contribution < 1.29 is 13.5 Å². The number of hydrogen-bond acceptors (Lipinski definition) is 2.